The summed E-state index contributed by atoms with van der Waals surface area (Å²) in [4.78, 5) is 26.8. The predicted molar refractivity (Wildman–Crippen MR) is 144 cm³/mol. The van der Waals surface area contributed by atoms with Gasteiger partial charge in [0.2, 0.25) is 0 Å². The highest BCUT2D eigenvalue weighted by Gasteiger charge is 2.38. The van der Waals surface area contributed by atoms with Gasteiger partial charge in [-0.2, -0.15) is 5.10 Å². The van der Waals surface area contributed by atoms with Gasteiger partial charge >= 0.3 is 5.69 Å². The van der Waals surface area contributed by atoms with Gasteiger partial charge in [-0.15, -0.1) is 0 Å². The lowest BCUT2D eigenvalue weighted by atomic mass is 10.1. The first-order valence-corrected chi connectivity index (χ1v) is 13.0. The van der Waals surface area contributed by atoms with Crippen LogP contribution >= 0.6 is 24.0 Å². The monoisotopic (exact) mass is 520 g/mol. The summed E-state index contributed by atoms with van der Waals surface area (Å²) in [6.07, 6.45) is 5.98. The zero-order chi connectivity index (χ0) is 25.2. The van der Waals surface area contributed by atoms with Crippen molar-refractivity contribution in [2.75, 3.05) is 6.61 Å². The molecule has 1 aromatic heterocycles. The number of amides is 1. The first-order chi connectivity index (χ1) is 17.5. The third-order valence-corrected chi connectivity index (χ3v) is 7.61. The third kappa shape index (κ3) is 4.66. The van der Waals surface area contributed by atoms with Gasteiger partial charge in [-0.25, -0.2) is 4.68 Å². The number of rotatable bonds is 7. The Morgan fingerprint density at radius 3 is 2.64 bits per heavy atom. The summed E-state index contributed by atoms with van der Waals surface area (Å²) in [5.74, 6) is 0.139. The molecule has 0 spiro atoms. The number of thiocarbonyl (C=S) groups is 1. The van der Waals surface area contributed by atoms with Crippen LogP contribution in [0.2, 0.25) is 0 Å². The highest BCUT2D eigenvalue weighted by Crippen LogP contribution is 2.39. The molecule has 2 aromatic carbocycles. The summed E-state index contributed by atoms with van der Waals surface area (Å²) in [5.41, 5.74) is 2.49. The van der Waals surface area contributed by atoms with Gasteiger partial charge in [-0.1, -0.05) is 55.0 Å². The second-order valence-corrected chi connectivity index (χ2v) is 10.2. The molecular formula is C26H24N4O4S2. The Labute approximate surface area is 218 Å². The van der Waals surface area contributed by atoms with Gasteiger partial charge in [-0.05, 0) is 56.2 Å². The number of ether oxygens (including phenoxy) is 1. The van der Waals surface area contributed by atoms with Crippen molar-refractivity contribution in [2.24, 2.45) is 0 Å². The Kier molecular flexibility index (Phi) is 6.88. The normalized spacial score (nSPS) is 17.4. The number of carbonyl (C=O) groups is 1. The molecular weight excluding hydrogens is 496 g/mol. The number of carbonyl (C=O) groups excluding carboxylic acids is 1. The SMILES string of the molecule is CCOc1ccc(-c2cc(/C=C3\SC(=S)N(C4CCCC4)C3=O)n(-c3ccccc3)n2)cc1[N+](=O)[O-]. The number of nitrogens with zero attached hydrogens (tertiary/aromatic N) is 4. The molecule has 2 fully saturated rings. The minimum atomic E-state index is -0.460. The smallest absolute Gasteiger partial charge is 0.311 e. The van der Waals surface area contributed by atoms with E-state index in [9.17, 15) is 14.9 Å². The maximum absolute atomic E-state index is 13.3. The average Bonchev–Trinajstić information content (AvgIpc) is 3.60. The number of hydrogen-bond donors (Lipinski definition) is 0. The lowest BCUT2D eigenvalue weighted by Crippen LogP contribution is -2.36. The molecule has 184 valence electrons. The van der Waals surface area contributed by atoms with Crippen LogP contribution in [0, 0.1) is 10.1 Å². The molecule has 0 N–H and O–H groups in total. The van der Waals surface area contributed by atoms with E-state index in [0.29, 0.717) is 32.8 Å². The summed E-state index contributed by atoms with van der Waals surface area (Å²) in [6.45, 7) is 2.10. The molecule has 1 saturated carbocycles. The molecule has 0 unspecified atom stereocenters. The van der Waals surface area contributed by atoms with Gasteiger partial charge < -0.3 is 4.74 Å². The largest absolute Gasteiger partial charge is 0.487 e. The number of nitro benzene ring substituents is 1. The second-order valence-electron chi connectivity index (χ2n) is 8.56. The van der Waals surface area contributed by atoms with Crippen LogP contribution < -0.4 is 4.74 Å². The fraction of sp³-hybridized carbons (Fsp3) is 0.269. The summed E-state index contributed by atoms with van der Waals surface area (Å²) in [5, 5.41) is 16.4. The van der Waals surface area contributed by atoms with Crippen LogP contribution in [0.3, 0.4) is 0 Å². The average molecular weight is 521 g/mol. The van der Waals surface area contributed by atoms with Crippen LogP contribution in [0.4, 0.5) is 5.69 Å². The number of para-hydroxylation sites is 1. The molecule has 1 aliphatic carbocycles. The van der Waals surface area contributed by atoms with E-state index in [-0.39, 0.29) is 23.4 Å². The Balaban J connectivity index is 1.57. The van der Waals surface area contributed by atoms with Crippen molar-refractivity contribution in [3.63, 3.8) is 0 Å². The molecule has 2 heterocycles. The molecule has 36 heavy (non-hydrogen) atoms. The third-order valence-electron chi connectivity index (χ3n) is 6.28. The van der Waals surface area contributed by atoms with Gasteiger partial charge in [-0.3, -0.25) is 19.8 Å². The summed E-state index contributed by atoms with van der Waals surface area (Å²) >= 11 is 6.87. The lowest BCUT2D eigenvalue weighted by Gasteiger charge is -2.21. The molecule has 1 aliphatic heterocycles. The number of benzene rings is 2. The number of hydrogen-bond acceptors (Lipinski definition) is 7. The molecule has 1 saturated heterocycles. The van der Waals surface area contributed by atoms with Crippen LogP contribution in [0.1, 0.15) is 38.3 Å². The van der Waals surface area contributed by atoms with Gasteiger partial charge in [0.05, 0.1) is 33.5 Å². The van der Waals surface area contributed by atoms with E-state index < -0.39 is 4.92 Å². The highest BCUT2D eigenvalue weighted by atomic mass is 32.2. The highest BCUT2D eigenvalue weighted by molar-refractivity contribution is 8.26. The van der Waals surface area contributed by atoms with Crippen molar-refractivity contribution in [3.8, 4) is 22.7 Å². The molecule has 1 amide bonds. The van der Waals surface area contributed by atoms with E-state index in [1.54, 1.807) is 34.7 Å². The molecule has 0 radical (unpaired) electrons. The van der Waals surface area contributed by atoms with Gasteiger partial charge in [0.25, 0.3) is 5.91 Å². The Bertz CT molecular complexity index is 1360. The molecule has 0 bridgehead atoms. The first-order valence-electron chi connectivity index (χ1n) is 11.8. The van der Waals surface area contributed by atoms with Crippen LogP contribution in [-0.4, -0.2) is 42.5 Å². The molecule has 0 atom stereocenters. The minimum absolute atomic E-state index is 0.0732. The van der Waals surface area contributed by atoms with Crippen molar-refractivity contribution < 1.29 is 14.5 Å². The van der Waals surface area contributed by atoms with E-state index in [1.807, 2.05) is 36.4 Å². The van der Waals surface area contributed by atoms with Crippen molar-refractivity contribution in [2.45, 2.75) is 38.6 Å². The number of nitro groups is 1. The maximum Gasteiger partial charge on any atom is 0.311 e. The van der Waals surface area contributed by atoms with Crippen molar-refractivity contribution in [3.05, 3.63) is 75.3 Å². The fourth-order valence-electron chi connectivity index (χ4n) is 4.60. The van der Waals surface area contributed by atoms with Crippen LogP contribution in [0.25, 0.3) is 23.0 Å². The first kappa shape index (κ1) is 24.2. The predicted octanol–water partition coefficient (Wildman–Crippen LogP) is 5.99. The van der Waals surface area contributed by atoms with Gasteiger partial charge in [0.1, 0.15) is 4.32 Å². The van der Waals surface area contributed by atoms with E-state index in [1.165, 1.54) is 17.8 Å². The molecule has 3 aromatic rings. The van der Waals surface area contributed by atoms with Crippen LogP contribution in [0.5, 0.6) is 5.75 Å². The zero-order valence-electron chi connectivity index (χ0n) is 19.6. The second kappa shape index (κ2) is 10.2. The van der Waals surface area contributed by atoms with Crippen molar-refractivity contribution in [1.82, 2.24) is 14.7 Å². The number of thioether (sulfide) groups is 1. The van der Waals surface area contributed by atoms with Crippen molar-refractivity contribution >= 4 is 46.0 Å². The summed E-state index contributed by atoms with van der Waals surface area (Å²) in [6, 6.07) is 16.4. The fourth-order valence-corrected chi connectivity index (χ4v) is 5.99. The molecule has 8 nitrogen and oxygen atoms in total. The molecule has 10 heteroatoms. The zero-order valence-corrected chi connectivity index (χ0v) is 21.3. The molecule has 5 rings (SSSR count). The van der Waals surface area contributed by atoms with Gasteiger partial charge in [0, 0.05) is 17.7 Å². The van der Waals surface area contributed by atoms with Crippen LogP contribution in [-0.2, 0) is 4.79 Å². The topological polar surface area (TPSA) is 90.5 Å². The quantitative estimate of drug-likeness (QED) is 0.164. The standard InChI is InChI=1S/C26H24N4O4S2/c1-2-34-23-13-12-17(14-22(23)30(32)33)21-15-20(29(27-21)19-10-4-3-5-11-19)16-24-25(31)28(26(35)36-24)18-8-6-7-9-18/h3-5,10-16,18H,2,6-9H2,1H3/b24-16-. The summed E-state index contributed by atoms with van der Waals surface area (Å²) in [7, 11) is 0. The van der Waals surface area contributed by atoms with Crippen LogP contribution in [0.15, 0.2) is 59.5 Å². The van der Waals surface area contributed by atoms with E-state index in [4.69, 9.17) is 22.1 Å². The number of aromatic nitrogens is 2. The maximum atomic E-state index is 13.3. The Hall–Kier alpha value is -3.50. The molecule has 2 aliphatic rings. The lowest BCUT2D eigenvalue weighted by molar-refractivity contribution is -0.385. The van der Waals surface area contributed by atoms with E-state index >= 15 is 0 Å². The van der Waals surface area contributed by atoms with E-state index in [2.05, 4.69) is 0 Å². The van der Waals surface area contributed by atoms with E-state index in [0.717, 1.165) is 31.4 Å². The van der Waals surface area contributed by atoms with Crippen molar-refractivity contribution in [1.29, 1.82) is 0 Å². The Morgan fingerprint density at radius 2 is 1.94 bits per heavy atom. The van der Waals surface area contributed by atoms with Gasteiger partial charge in [0.15, 0.2) is 5.75 Å². The minimum Gasteiger partial charge on any atom is -0.487 e. The Morgan fingerprint density at radius 1 is 1.19 bits per heavy atom. The summed E-state index contributed by atoms with van der Waals surface area (Å²) < 4.78 is 7.74.